The highest BCUT2D eigenvalue weighted by Gasteiger charge is 2.18. The number of hydrogen-bond acceptors (Lipinski definition) is 4. The lowest BCUT2D eigenvalue weighted by Crippen LogP contribution is -2.37. The van der Waals surface area contributed by atoms with Crippen LogP contribution in [0.3, 0.4) is 0 Å². The predicted molar refractivity (Wildman–Crippen MR) is 74.0 cm³/mol. The van der Waals surface area contributed by atoms with Gasteiger partial charge in [-0.15, -0.1) is 0 Å². The summed E-state index contributed by atoms with van der Waals surface area (Å²) in [6, 6.07) is 6.34. The van der Waals surface area contributed by atoms with Crippen LogP contribution in [0.1, 0.15) is 30.9 Å². The predicted octanol–water partition coefficient (Wildman–Crippen LogP) is 1.27. The zero-order chi connectivity index (χ0) is 14.5. The molecule has 5 nitrogen and oxygen atoms in total. The van der Waals surface area contributed by atoms with Crippen molar-refractivity contribution in [2.24, 2.45) is 5.73 Å². The Morgan fingerprint density at radius 2 is 2.16 bits per heavy atom. The molecule has 0 spiro atoms. The summed E-state index contributed by atoms with van der Waals surface area (Å²) in [5, 5.41) is 8.82. The second-order valence-electron chi connectivity index (χ2n) is 4.49. The number of rotatable bonds is 6. The van der Waals surface area contributed by atoms with Gasteiger partial charge in [-0.05, 0) is 31.0 Å². The summed E-state index contributed by atoms with van der Waals surface area (Å²) < 4.78 is 26.8. The van der Waals surface area contributed by atoms with E-state index < -0.39 is 10.0 Å². The van der Waals surface area contributed by atoms with Gasteiger partial charge in [0, 0.05) is 12.6 Å². The van der Waals surface area contributed by atoms with Gasteiger partial charge < -0.3 is 5.73 Å². The van der Waals surface area contributed by atoms with Crippen molar-refractivity contribution in [3.8, 4) is 6.07 Å². The van der Waals surface area contributed by atoms with E-state index in [0.29, 0.717) is 11.1 Å². The third-order valence-corrected chi connectivity index (χ3v) is 4.37. The monoisotopic (exact) mass is 281 g/mol. The maximum Gasteiger partial charge on any atom is 0.240 e. The van der Waals surface area contributed by atoms with E-state index in [-0.39, 0.29) is 17.5 Å². The number of aryl methyl sites for hydroxylation is 1. The van der Waals surface area contributed by atoms with Gasteiger partial charge in [0.2, 0.25) is 10.0 Å². The highest BCUT2D eigenvalue weighted by Crippen LogP contribution is 2.16. The van der Waals surface area contributed by atoms with Crippen LogP contribution in [0.5, 0.6) is 0 Å². The van der Waals surface area contributed by atoms with E-state index in [1.165, 1.54) is 6.07 Å². The Kier molecular flexibility index (Phi) is 5.48. The molecule has 19 heavy (non-hydrogen) atoms. The Bertz CT molecular complexity index is 576. The first-order chi connectivity index (χ1) is 8.90. The lowest BCUT2D eigenvalue weighted by atomic mass is 10.2. The first-order valence-corrected chi connectivity index (χ1v) is 7.65. The largest absolute Gasteiger partial charge is 0.327 e. The number of hydrogen-bond donors (Lipinski definition) is 2. The lowest BCUT2D eigenvalue weighted by Gasteiger charge is -2.13. The fourth-order valence-corrected chi connectivity index (χ4v) is 3.09. The van der Waals surface area contributed by atoms with E-state index >= 15 is 0 Å². The van der Waals surface area contributed by atoms with E-state index in [1.807, 2.05) is 13.0 Å². The van der Waals surface area contributed by atoms with E-state index in [2.05, 4.69) is 4.72 Å². The van der Waals surface area contributed by atoms with Crippen LogP contribution in [0.15, 0.2) is 23.1 Å². The van der Waals surface area contributed by atoms with Crippen LogP contribution < -0.4 is 10.5 Å². The van der Waals surface area contributed by atoms with Crippen molar-refractivity contribution in [3.63, 3.8) is 0 Å². The summed E-state index contributed by atoms with van der Waals surface area (Å²) in [4.78, 5) is 0.134. The van der Waals surface area contributed by atoms with Crippen molar-refractivity contribution < 1.29 is 8.42 Å². The molecule has 6 heteroatoms. The second kappa shape index (κ2) is 6.66. The number of sulfonamides is 1. The molecule has 0 unspecified atom stereocenters. The summed E-state index contributed by atoms with van der Waals surface area (Å²) in [5.41, 5.74) is 6.71. The van der Waals surface area contributed by atoms with Crippen molar-refractivity contribution in [1.29, 1.82) is 5.26 Å². The molecule has 0 amide bonds. The molecule has 0 aliphatic rings. The Morgan fingerprint density at radius 1 is 1.47 bits per heavy atom. The molecular formula is C13H19N3O2S. The van der Waals surface area contributed by atoms with Crippen LogP contribution in [-0.2, 0) is 10.0 Å². The van der Waals surface area contributed by atoms with Gasteiger partial charge in [-0.25, -0.2) is 13.1 Å². The van der Waals surface area contributed by atoms with Gasteiger partial charge in [0.15, 0.2) is 0 Å². The van der Waals surface area contributed by atoms with Crippen LogP contribution in [-0.4, -0.2) is 21.0 Å². The molecule has 1 aromatic carbocycles. The van der Waals surface area contributed by atoms with E-state index in [0.717, 1.165) is 12.8 Å². The highest BCUT2D eigenvalue weighted by molar-refractivity contribution is 7.89. The Hall–Kier alpha value is -1.42. The highest BCUT2D eigenvalue weighted by atomic mass is 32.2. The summed E-state index contributed by atoms with van der Waals surface area (Å²) in [6.45, 7) is 3.89. The molecule has 0 aliphatic heterocycles. The first-order valence-electron chi connectivity index (χ1n) is 6.16. The molecule has 0 saturated heterocycles. The van der Waals surface area contributed by atoms with Gasteiger partial charge in [-0.2, -0.15) is 5.26 Å². The third-order valence-electron chi connectivity index (χ3n) is 2.80. The molecule has 0 radical (unpaired) electrons. The lowest BCUT2D eigenvalue weighted by molar-refractivity contribution is 0.552. The van der Waals surface area contributed by atoms with Crippen molar-refractivity contribution in [3.05, 3.63) is 29.3 Å². The molecule has 104 valence electrons. The first kappa shape index (κ1) is 15.6. The topological polar surface area (TPSA) is 96.0 Å². The van der Waals surface area contributed by atoms with Crippen LogP contribution in [0.2, 0.25) is 0 Å². The van der Waals surface area contributed by atoms with Gasteiger partial charge in [-0.1, -0.05) is 19.4 Å². The van der Waals surface area contributed by atoms with E-state index in [1.54, 1.807) is 19.1 Å². The van der Waals surface area contributed by atoms with Crippen LogP contribution >= 0.6 is 0 Å². The third kappa shape index (κ3) is 4.31. The number of nitrogens with one attached hydrogen (secondary N) is 1. The maximum atomic E-state index is 12.2. The number of nitriles is 1. The summed E-state index contributed by atoms with van der Waals surface area (Å²) in [5.74, 6) is 0. The zero-order valence-corrected chi connectivity index (χ0v) is 12.0. The molecule has 0 bridgehead atoms. The number of nitrogens with two attached hydrogens (primary N) is 1. The standard InChI is InChI=1S/C13H19N3O2S/c1-3-4-12(15)9-16-19(17,18)13-7-11(8-14)6-5-10(13)2/h5-7,12,16H,3-4,9,15H2,1-2H3/t12-/m0/s1. The average molecular weight is 281 g/mol. The molecule has 3 N–H and O–H groups in total. The molecular weight excluding hydrogens is 262 g/mol. The molecule has 1 aromatic rings. The quantitative estimate of drug-likeness (QED) is 0.820. The van der Waals surface area contributed by atoms with Crippen molar-refractivity contribution in [1.82, 2.24) is 4.72 Å². The van der Waals surface area contributed by atoms with E-state index in [4.69, 9.17) is 11.0 Å². The summed E-state index contributed by atoms with van der Waals surface area (Å²) >= 11 is 0. The van der Waals surface area contributed by atoms with Gasteiger partial charge in [0.25, 0.3) is 0 Å². The van der Waals surface area contributed by atoms with Crippen LogP contribution in [0, 0.1) is 18.3 Å². The van der Waals surface area contributed by atoms with Gasteiger partial charge >= 0.3 is 0 Å². The summed E-state index contributed by atoms with van der Waals surface area (Å²) in [6.07, 6.45) is 1.67. The Morgan fingerprint density at radius 3 is 2.74 bits per heavy atom. The van der Waals surface area contributed by atoms with Crippen molar-refractivity contribution >= 4 is 10.0 Å². The molecule has 0 aliphatic carbocycles. The SMILES string of the molecule is CCC[C@H](N)CNS(=O)(=O)c1cc(C#N)ccc1C. The minimum Gasteiger partial charge on any atom is -0.327 e. The number of nitrogens with zero attached hydrogens (tertiary/aromatic N) is 1. The summed E-state index contributed by atoms with van der Waals surface area (Å²) in [7, 11) is -3.62. The molecule has 1 atom stereocenters. The zero-order valence-electron chi connectivity index (χ0n) is 11.2. The fraction of sp³-hybridized carbons (Fsp3) is 0.462. The Balaban J connectivity index is 2.92. The molecule has 0 saturated carbocycles. The van der Waals surface area contributed by atoms with Gasteiger partial charge in [0.05, 0.1) is 16.5 Å². The second-order valence-corrected chi connectivity index (χ2v) is 6.23. The van der Waals surface area contributed by atoms with Gasteiger partial charge in [0.1, 0.15) is 0 Å². The van der Waals surface area contributed by atoms with Crippen molar-refractivity contribution in [2.45, 2.75) is 37.6 Å². The smallest absolute Gasteiger partial charge is 0.240 e. The fourth-order valence-electron chi connectivity index (χ4n) is 1.73. The molecule has 0 fully saturated rings. The minimum absolute atomic E-state index is 0.134. The van der Waals surface area contributed by atoms with Crippen molar-refractivity contribution in [2.75, 3.05) is 6.54 Å². The van der Waals surface area contributed by atoms with Gasteiger partial charge in [-0.3, -0.25) is 0 Å². The Labute approximate surface area is 114 Å². The van der Waals surface area contributed by atoms with E-state index in [9.17, 15) is 8.42 Å². The van der Waals surface area contributed by atoms with Crippen LogP contribution in [0.4, 0.5) is 0 Å². The molecule has 0 heterocycles. The molecule has 1 rings (SSSR count). The normalized spacial score (nSPS) is 12.9. The number of benzene rings is 1. The van der Waals surface area contributed by atoms with Crippen LogP contribution in [0.25, 0.3) is 0 Å². The molecule has 0 aromatic heterocycles. The average Bonchev–Trinajstić information content (AvgIpc) is 2.37. The minimum atomic E-state index is -3.62. The maximum absolute atomic E-state index is 12.2.